The second-order valence-electron chi connectivity index (χ2n) is 3.34. The summed E-state index contributed by atoms with van der Waals surface area (Å²) in [6.45, 7) is -0.842. The molecular formula is C10H8F5NO2. The van der Waals surface area contributed by atoms with E-state index in [0.717, 1.165) is 6.07 Å². The molecule has 0 aliphatic rings. The maximum atomic E-state index is 12.3. The van der Waals surface area contributed by atoms with Crippen LogP contribution in [0.1, 0.15) is 15.9 Å². The molecule has 0 aliphatic heterocycles. The van der Waals surface area contributed by atoms with Gasteiger partial charge in [-0.2, -0.15) is 13.2 Å². The molecule has 0 amide bonds. The number of alkyl halides is 5. The molecule has 0 radical (unpaired) electrons. The number of hydrogen-bond acceptors (Lipinski definition) is 2. The predicted molar refractivity (Wildman–Crippen MR) is 52.9 cm³/mol. The van der Waals surface area contributed by atoms with Crippen molar-refractivity contribution in [3.8, 4) is 0 Å². The monoisotopic (exact) mass is 269 g/mol. The fourth-order valence-corrected chi connectivity index (χ4v) is 1.24. The number of rotatable bonds is 4. The van der Waals surface area contributed by atoms with Crippen molar-refractivity contribution in [2.75, 3.05) is 11.9 Å². The van der Waals surface area contributed by atoms with E-state index in [9.17, 15) is 26.7 Å². The van der Waals surface area contributed by atoms with Gasteiger partial charge in [0.25, 0.3) is 6.43 Å². The van der Waals surface area contributed by atoms with Gasteiger partial charge in [0.05, 0.1) is 17.7 Å². The first kappa shape index (κ1) is 14.2. The zero-order valence-electron chi connectivity index (χ0n) is 8.76. The second kappa shape index (κ2) is 5.19. The van der Waals surface area contributed by atoms with Crippen molar-refractivity contribution >= 4 is 11.7 Å². The van der Waals surface area contributed by atoms with Crippen molar-refractivity contribution < 1.29 is 31.9 Å². The van der Waals surface area contributed by atoms with Crippen molar-refractivity contribution in [3.05, 3.63) is 29.3 Å². The minimum Gasteiger partial charge on any atom is -0.478 e. The molecule has 18 heavy (non-hydrogen) atoms. The van der Waals surface area contributed by atoms with E-state index in [-0.39, 0.29) is 5.69 Å². The van der Waals surface area contributed by atoms with Crippen LogP contribution in [0, 0.1) is 0 Å². The van der Waals surface area contributed by atoms with Gasteiger partial charge < -0.3 is 10.4 Å². The minimum absolute atomic E-state index is 0.282. The molecule has 1 rings (SSSR count). The molecule has 0 unspecified atom stereocenters. The second-order valence-corrected chi connectivity index (χ2v) is 3.34. The van der Waals surface area contributed by atoms with Gasteiger partial charge in [0.15, 0.2) is 0 Å². The first-order valence-corrected chi connectivity index (χ1v) is 4.68. The topological polar surface area (TPSA) is 49.3 Å². The molecule has 0 saturated carbocycles. The molecular weight excluding hydrogens is 261 g/mol. The quantitative estimate of drug-likeness (QED) is 0.826. The largest absolute Gasteiger partial charge is 0.478 e. The number of carboxylic acids is 1. The Balaban J connectivity index is 3.09. The lowest BCUT2D eigenvalue weighted by molar-refractivity contribution is -0.137. The van der Waals surface area contributed by atoms with Crippen LogP contribution >= 0.6 is 0 Å². The SMILES string of the molecule is O=C(O)c1cc(C(F)(F)F)ccc1NCC(F)F. The summed E-state index contributed by atoms with van der Waals surface area (Å²) < 4.78 is 60.9. The number of carbonyl (C=O) groups is 1. The highest BCUT2D eigenvalue weighted by atomic mass is 19.4. The van der Waals surface area contributed by atoms with Gasteiger partial charge in [-0.1, -0.05) is 0 Å². The number of anilines is 1. The van der Waals surface area contributed by atoms with Gasteiger partial charge in [0, 0.05) is 5.69 Å². The highest BCUT2D eigenvalue weighted by Gasteiger charge is 2.31. The van der Waals surface area contributed by atoms with Gasteiger partial charge in [-0.15, -0.1) is 0 Å². The number of halogens is 5. The molecule has 3 nitrogen and oxygen atoms in total. The maximum Gasteiger partial charge on any atom is 0.416 e. The lowest BCUT2D eigenvalue weighted by Gasteiger charge is -2.12. The number of hydrogen-bond donors (Lipinski definition) is 2. The lowest BCUT2D eigenvalue weighted by atomic mass is 10.1. The van der Waals surface area contributed by atoms with Crippen molar-refractivity contribution in [1.82, 2.24) is 0 Å². The maximum absolute atomic E-state index is 12.3. The molecule has 1 aromatic carbocycles. The molecule has 0 aromatic heterocycles. The standard InChI is InChI=1S/C10H8F5NO2/c11-8(12)4-16-7-2-1-5(10(13,14)15)3-6(7)9(17)18/h1-3,8,16H,4H2,(H,17,18). The van der Waals surface area contributed by atoms with Crippen LogP contribution in [0.25, 0.3) is 0 Å². The third kappa shape index (κ3) is 3.57. The number of benzene rings is 1. The Morgan fingerprint density at radius 3 is 2.39 bits per heavy atom. The van der Waals surface area contributed by atoms with E-state index in [1.807, 2.05) is 0 Å². The van der Waals surface area contributed by atoms with Crippen LogP contribution in [-0.2, 0) is 6.18 Å². The summed E-state index contributed by atoms with van der Waals surface area (Å²) in [5.74, 6) is -1.63. The number of aromatic carboxylic acids is 1. The normalized spacial score (nSPS) is 11.7. The fraction of sp³-hybridized carbons (Fsp3) is 0.300. The van der Waals surface area contributed by atoms with Crippen LogP contribution < -0.4 is 5.32 Å². The van der Waals surface area contributed by atoms with Gasteiger partial charge in [-0.25, -0.2) is 13.6 Å². The zero-order valence-corrected chi connectivity index (χ0v) is 8.76. The summed E-state index contributed by atoms with van der Waals surface area (Å²) in [5, 5.41) is 10.8. The average molecular weight is 269 g/mol. The molecule has 100 valence electrons. The van der Waals surface area contributed by atoms with E-state index in [1.165, 1.54) is 0 Å². The summed E-state index contributed by atoms with van der Waals surface area (Å²) >= 11 is 0. The first-order valence-electron chi connectivity index (χ1n) is 4.68. The van der Waals surface area contributed by atoms with Crippen LogP contribution in [0.4, 0.5) is 27.6 Å². The van der Waals surface area contributed by atoms with Crippen molar-refractivity contribution in [2.45, 2.75) is 12.6 Å². The molecule has 2 N–H and O–H groups in total. The van der Waals surface area contributed by atoms with Gasteiger partial charge in [0.1, 0.15) is 0 Å². The van der Waals surface area contributed by atoms with Gasteiger partial charge in [-0.3, -0.25) is 0 Å². The summed E-state index contributed by atoms with van der Waals surface area (Å²) in [6, 6.07) is 1.84. The first-order chi connectivity index (χ1) is 8.21. The molecule has 0 heterocycles. The van der Waals surface area contributed by atoms with Crippen molar-refractivity contribution in [1.29, 1.82) is 0 Å². The Morgan fingerprint density at radius 1 is 1.33 bits per heavy atom. The molecule has 8 heteroatoms. The summed E-state index contributed by atoms with van der Waals surface area (Å²) in [4.78, 5) is 10.8. The van der Waals surface area contributed by atoms with Crippen LogP contribution in [0.2, 0.25) is 0 Å². The van der Waals surface area contributed by atoms with Gasteiger partial charge in [-0.05, 0) is 18.2 Å². The van der Waals surface area contributed by atoms with E-state index in [1.54, 1.807) is 0 Å². The van der Waals surface area contributed by atoms with Crippen molar-refractivity contribution in [3.63, 3.8) is 0 Å². The van der Waals surface area contributed by atoms with E-state index in [0.29, 0.717) is 12.1 Å². The van der Waals surface area contributed by atoms with E-state index in [4.69, 9.17) is 5.11 Å². The summed E-state index contributed by atoms with van der Waals surface area (Å²) in [7, 11) is 0. The molecule has 0 fully saturated rings. The average Bonchev–Trinajstić information content (AvgIpc) is 2.24. The Morgan fingerprint density at radius 2 is 1.94 bits per heavy atom. The van der Waals surface area contributed by atoms with E-state index < -0.39 is 36.2 Å². The van der Waals surface area contributed by atoms with E-state index >= 15 is 0 Å². The van der Waals surface area contributed by atoms with Gasteiger partial charge in [0.2, 0.25) is 0 Å². The number of carboxylic acid groups (broad SMARTS) is 1. The van der Waals surface area contributed by atoms with Crippen LogP contribution in [0.3, 0.4) is 0 Å². The zero-order chi connectivity index (χ0) is 13.9. The molecule has 0 saturated heterocycles. The molecule has 1 aromatic rings. The van der Waals surface area contributed by atoms with Crippen LogP contribution in [-0.4, -0.2) is 24.0 Å². The minimum atomic E-state index is -4.69. The summed E-state index contributed by atoms with van der Waals surface area (Å²) in [6.07, 6.45) is -7.43. The highest BCUT2D eigenvalue weighted by Crippen LogP contribution is 2.31. The number of nitrogens with one attached hydrogen (secondary N) is 1. The Bertz CT molecular complexity index is 444. The Labute approximate surface area is 98.2 Å². The highest BCUT2D eigenvalue weighted by molar-refractivity contribution is 5.94. The van der Waals surface area contributed by atoms with Crippen LogP contribution in [0.5, 0.6) is 0 Å². The third-order valence-corrected chi connectivity index (χ3v) is 2.02. The molecule has 0 spiro atoms. The smallest absolute Gasteiger partial charge is 0.416 e. The predicted octanol–water partition coefficient (Wildman–Crippen LogP) is 3.08. The van der Waals surface area contributed by atoms with Crippen molar-refractivity contribution in [2.24, 2.45) is 0 Å². The van der Waals surface area contributed by atoms with Gasteiger partial charge >= 0.3 is 12.1 Å². The Hall–Kier alpha value is -1.86. The van der Waals surface area contributed by atoms with E-state index in [2.05, 4.69) is 5.32 Å². The Kier molecular flexibility index (Phi) is 4.10. The summed E-state index contributed by atoms with van der Waals surface area (Å²) in [5.41, 5.74) is -2.14. The lowest BCUT2D eigenvalue weighted by Crippen LogP contribution is -2.15. The molecule has 0 atom stereocenters. The third-order valence-electron chi connectivity index (χ3n) is 2.02. The molecule has 0 aliphatic carbocycles. The van der Waals surface area contributed by atoms with Crippen LogP contribution in [0.15, 0.2) is 18.2 Å². The molecule has 0 bridgehead atoms. The fourth-order valence-electron chi connectivity index (χ4n) is 1.24.